The van der Waals surface area contributed by atoms with E-state index in [1.807, 2.05) is 24.4 Å². The number of nitriles is 1. The molecule has 0 N–H and O–H groups in total. The molecule has 0 atom stereocenters. The van der Waals surface area contributed by atoms with Gasteiger partial charge in [-0.1, -0.05) is 35.3 Å². The van der Waals surface area contributed by atoms with Crippen LogP contribution in [-0.4, -0.2) is 9.38 Å². The van der Waals surface area contributed by atoms with Gasteiger partial charge < -0.3 is 0 Å². The van der Waals surface area contributed by atoms with Gasteiger partial charge in [0, 0.05) is 11.8 Å². The third kappa shape index (κ3) is 1.95. The van der Waals surface area contributed by atoms with Gasteiger partial charge in [-0.05, 0) is 24.3 Å². The van der Waals surface area contributed by atoms with Gasteiger partial charge in [0.2, 0.25) is 0 Å². The number of halogens is 2. The fourth-order valence-electron chi connectivity index (χ4n) is 1.95. The minimum atomic E-state index is 0.445. The van der Waals surface area contributed by atoms with Gasteiger partial charge in [-0.15, -0.1) is 0 Å². The Hall–Kier alpha value is -2.02. The van der Waals surface area contributed by atoms with E-state index in [1.54, 1.807) is 22.6 Å². The number of rotatable bonds is 1. The summed E-state index contributed by atoms with van der Waals surface area (Å²) in [5.74, 6) is 0. The van der Waals surface area contributed by atoms with Crippen molar-refractivity contribution in [1.29, 1.82) is 5.26 Å². The zero-order valence-corrected chi connectivity index (χ0v) is 11.2. The van der Waals surface area contributed by atoms with Crippen molar-refractivity contribution < 1.29 is 0 Å². The number of aromatic nitrogens is 2. The Morgan fingerprint density at radius 2 is 1.95 bits per heavy atom. The van der Waals surface area contributed by atoms with E-state index in [1.165, 1.54) is 0 Å². The SMILES string of the molecule is N#Cc1c(-c2ccc(Cl)c(Cl)c2)nc2ccccn12. The molecule has 0 aliphatic rings. The monoisotopic (exact) mass is 287 g/mol. The number of benzene rings is 1. The highest BCUT2D eigenvalue weighted by Crippen LogP contribution is 2.30. The maximum absolute atomic E-state index is 9.32. The molecule has 0 aliphatic carbocycles. The summed E-state index contributed by atoms with van der Waals surface area (Å²) in [6.45, 7) is 0. The van der Waals surface area contributed by atoms with Gasteiger partial charge in [-0.2, -0.15) is 5.26 Å². The normalized spacial score (nSPS) is 10.6. The van der Waals surface area contributed by atoms with Crippen LogP contribution in [0.2, 0.25) is 10.0 Å². The lowest BCUT2D eigenvalue weighted by molar-refractivity contribution is 1.15. The Kier molecular flexibility index (Phi) is 2.90. The van der Waals surface area contributed by atoms with E-state index in [9.17, 15) is 5.26 Å². The van der Waals surface area contributed by atoms with Crippen molar-refractivity contribution >= 4 is 28.8 Å². The molecule has 3 aromatic rings. The van der Waals surface area contributed by atoms with Crippen molar-refractivity contribution in [3.05, 3.63) is 58.3 Å². The Labute approximate surface area is 119 Å². The van der Waals surface area contributed by atoms with Crippen LogP contribution in [0.25, 0.3) is 16.9 Å². The van der Waals surface area contributed by atoms with Crippen LogP contribution in [0.5, 0.6) is 0 Å². The molecule has 1 aromatic carbocycles. The summed E-state index contributed by atoms with van der Waals surface area (Å²) in [4.78, 5) is 4.46. The van der Waals surface area contributed by atoms with Gasteiger partial charge in [0.15, 0.2) is 5.69 Å². The Morgan fingerprint density at radius 1 is 1.11 bits per heavy atom. The maximum Gasteiger partial charge on any atom is 0.152 e. The average molecular weight is 288 g/mol. The highest BCUT2D eigenvalue weighted by molar-refractivity contribution is 6.42. The first-order valence-electron chi connectivity index (χ1n) is 5.53. The largest absolute Gasteiger partial charge is 0.291 e. The first-order chi connectivity index (χ1) is 9.20. The smallest absolute Gasteiger partial charge is 0.152 e. The van der Waals surface area contributed by atoms with E-state index in [4.69, 9.17) is 23.2 Å². The molecule has 5 heteroatoms. The molecule has 0 spiro atoms. The molecule has 0 bridgehead atoms. The fraction of sp³-hybridized carbons (Fsp3) is 0. The van der Waals surface area contributed by atoms with Crippen LogP contribution >= 0.6 is 23.2 Å². The third-order valence-corrected chi connectivity index (χ3v) is 3.57. The van der Waals surface area contributed by atoms with Crippen LogP contribution < -0.4 is 0 Å². The van der Waals surface area contributed by atoms with Crippen LogP contribution in [0.3, 0.4) is 0 Å². The van der Waals surface area contributed by atoms with Crippen LogP contribution in [0.1, 0.15) is 5.69 Å². The van der Waals surface area contributed by atoms with Gasteiger partial charge in [-0.3, -0.25) is 4.40 Å². The van der Waals surface area contributed by atoms with E-state index < -0.39 is 0 Å². The summed E-state index contributed by atoms with van der Waals surface area (Å²) in [6.07, 6.45) is 1.81. The predicted molar refractivity (Wildman–Crippen MR) is 75.4 cm³/mol. The molecule has 3 nitrogen and oxygen atoms in total. The fourth-order valence-corrected chi connectivity index (χ4v) is 2.25. The number of pyridine rings is 1. The van der Waals surface area contributed by atoms with E-state index in [2.05, 4.69) is 11.1 Å². The molecule has 2 aromatic heterocycles. The molecule has 0 saturated carbocycles. The Bertz CT molecular complexity index is 815. The van der Waals surface area contributed by atoms with Crippen molar-refractivity contribution in [2.75, 3.05) is 0 Å². The average Bonchev–Trinajstić information content (AvgIpc) is 2.80. The molecule has 3 rings (SSSR count). The van der Waals surface area contributed by atoms with Gasteiger partial charge >= 0.3 is 0 Å². The Morgan fingerprint density at radius 3 is 2.68 bits per heavy atom. The van der Waals surface area contributed by atoms with Crippen LogP contribution in [-0.2, 0) is 0 Å². The molecule has 0 aliphatic heterocycles. The highest BCUT2D eigenvalue weighted by Gasteiger charge is 2.14. The minimum Gasteiger partial charge on any atom is -0.291 e. The molecule has 0 fully saturated rings. The van der Waals surface area contributed by atoms with Crippen molar-refractivity contribution in [1.82, 2.24) is 9.38 Å². The van der Waals surface area contributed by atoms with Gasteiger partial charge in [0.1, 0.15) is 17.4 Å². The van der Waals surface area contributed by atoms with Crippen LogP contribution in [0.4, 0.5) is 0 Å². The lowest BCUT2D eigenvalue weighted by atomic mass is 10.1. The molecule has 0 unspecified atom stereocenters. The molecule has 92 valence electrons. The van der Waals surface area contributed by atoms with Crippen molar-refractivity contribution in [2.24, 2.45) is 0 Å². The van der Waals surface area contributed by atoms with Gasteiger partial charge in [0.25, 0.3) is 0 Å². The minimum absolute atomic E-state index is 0.445. The summed E-state index contributed by atoms with van der Waals surface area (Å²) < 4.78 is 1.75. The van der Waals surface area contributed by atoms with E-state index in [-0.39, 0.29) is 0 Å². The number of hydrogen-bond acceptors (Lipinski definition) is 2. The molecule has 0 radical (unpaired) electrons. The van der Waals surface area contributed by atoms with Gasteiger partial charge in [0.05, 0.1) is 10.0 Å². The number of hydrogen-bond donors (Lipinski definition) is 0. The third-order valence-electron chi connectivity index (χ3n) is 2.83. The zero-order valence-electron chi connectivity index (χ0n) is 9.64. The van der Waals surface area contributed by atoms with Gasteiger partial charge in [-0.25, -0.2) is 4.98 Å². The quantitative estimate of drug-likeness (QED) is 0.674. The van der Waals surface area contributed by atoms with E-state index in [0.717, 1.165) is 11.2 Å². The zero-order chi connectivity index (χ0) is 13.4. The summed E-state index contributed by atoms with van der Waals surface area (Å²) in [5, 5.41) is 10.2. The van der Waals surface area contributed by atoms with Crippen LogP contribution in [0.15, 0.2) is 42.6 Å². The number of nitrogens with zero attached hydrogens (tertiary/aromatic N) is 3. The van der Waals surface area contributed by atoms with E-state index in [0.29, 0.717) is 21.4 Å². The summed E-state index contributed by atoms with van der Waals surface area (Å²) in [5.41, 5.74) is 2.58. The first-order valence-corrected chi connectivity index (χ1v) is 6.29. The second-order valence-electron chi connectivity index (χ2n) is 3.98. The highest BCUT2D eigenvalue weighted by atomic mass is 35.5. The lowest BCUT2D eigenvalue weighted by Gasteiger charge is -2.00. The van der Waals surface area contributed by atoms with Crippen LogP contribution in [0, 0.1) is 11.3 Å². The summed E-state index contributed by atoms with van der Waals surface area (Å²) in [7, 11) is 0. The second-order valence-corrected chi connectivity index (χ2v) is 4.79. The molecular weight excluding hydrogens is 281 g/mol. The summed E-state index contributed by atoms with van der Waals surface area (Å²) >= 11 is 11.9. The topological polar surface area (TPSA) is 41.1 Å². The number of fused-ring (bicyclic) bond motifs is 1. The molecule has 0 amide bonds. The van der Waals surface area contributed by atoms with Crippen molar-refractivity contribution in [3.63, 3.8) is 0 Å². The predicted octanol–water partition coefficient (Wildman–Crippen LogP) is 4.18. The number of imidazole rings is 1. The molecule has 0 saturated heterocycles. The lowest BCUT2D eigenvalue weighted by Crippen LogP contribution is -1.88. The summed E-state index contributed by atoms with van der Waals surface area (Å²) in [6, 6.07) is 13.0. The molecule has 2 heterocycles. The first kappa shape index (κ1) is 12.0. The Balaban J connectivity index is 2.30. The maximum atomic E-state index is 9.32. The van der Waals surface area contributed by atoms with Crippen molar-refractivity contribution in [2.45, 2.75) is 0 Å². The van der Waals surface area contributed by atoms with E-state index >= 15 is 0 Å². The second kappa shape index (κ2) is 4.58. The standard InChI is InChI=1S/C14H7Cl2N3/c15-10-5-4-9(7-11(10)16)14-12(8-17)19-6-2-1-3-13(19)18-14/h1-7H. The van der Waals surface area contributed by atoms with Crippen molar-refractivity contribution in [3.8, 4) is 17.3 Å². The molecular formula is C14H7Cl2N3. The molecule has 19 heavy (non-hydrogen) atoms.